The lowest BCUT2D eigenvalue weighted by atomic mass is 10.2. The molecule has 0 bridgehead atoms. The molecule has 0 spiro atoms. The van der Waals surface area contributed by atoms with E-state index in [4.69, 9.17) is 5.73 Å². The number of carboxylic acid groups (broad SMARTS) is 2. The monoisotopic (exact) mass is 217 g/mol. The Balaban J connectivity index is 3.55. The Morgan fingerprint density at radius 1 is 1.20 bits per heavy atom. The topological polar surface area (TPSA) is 133 Å². The van der Waals surface area contributed by atoms with E-state index in [9.17, 15) is 24.6 Å². The molecule has 0 aromatic rings. The van der Waals surface area contributed by atoms with Crippen LogP contribution in [0, 0.1) is 0 Å². The van der Waals surface area contributed by atoms with Gasteiger partial charge in [-0.1, -0.05) is 0 Å². The van der Waals surface area contributed by atoms with E-state index in [0.29, 0.717) is 0 Å². The van der Waals surface area contributed by atoms with Gasteiger partial charge in [0, 0.05) is 18.4 Å². The van der Waals surface area contributed by atoms with Crippen LogP contribution in [0.3, 0.4) is 0 Å². The number of carbonyl (C=O) groups is 3. The normalized spacial score (nSPS) is 11.8. The third-order valence-corrected chi connectivity index (χ3v) is 1.53. The highest BCUT2D eigenvalue weighted by molar-refractivity contribution is 5.75. The van der Waals surface area contributed by atoms with Gasteiger partial charge in [-0.15, -0.1) is 0 Å². The van der Waals surface area contributed by atoms with Crippen LogP contribution in [-0.2, 0) is 19.1 Å². The van der Waals surface area contributed by atoms with Gasteiger partial charge in [0.1, 0.15) is 0 Å². The average molecular weight is 217 g/mol. The molecule has 0 saturated heterocycles. The predicted molar refractivity (Wildman–Crippen MR) is 42.8 cm³/mol. The van der Waals surface area contributed by atoms with Crippen LogP contribution in [0.25, 0.3) is 0 Å². The zero-order valence-electron chi connectivity index (χ0n) is 7.93. The van der Waals surface area contributed by atoms with Crippen LogP contribution >= 0.6 is 0 Å². The molecule has 0 aliphatic heterocycles. The second kappa shape index (κ2) is 6.77. The van der Waals surface area contributed by atoms with Crippen LogP contribution in [0.2, 0.25) is 0 Å². The molecule has 7 heteroatoms. The standard InChI is InChI=1S/C8H13NO6/c9-5(8(13)14)3-4-15-7(12)2-1-6(10)11/h5H,1-4,9H2,(H,10,11)(H,13,14)/p-2/t5-/m0/s1. The molecule has 2 N–H and O–H groups in total. The third-order valence-electron chi connectivity index (χ3n) is 1.53. The number of aliphatic carboxylic acids is 2. The van der Waals surface area contributed by atoms with Gasteiger partial charge in [0.05, 0.1) is 19.0 Å². The van der Waals surface area contributed by atoms with Gasteiger partial charge in [-0.05, 0) is 6.42 Å². The van der Waals surface area contributed by atoms with E-state index in [0.717, 1.165) is 0 Å². The predicted octanol–water partition coefficient (Wildman–Crippen LogP) is -3.47. The van der Waals surface area contributed by atoms with Crippen molar-refractivity contribution in [3.05, 3.63) is 0 Å². The molecule has 0 aromatic carbocycles. The number of hydrogen-bond donors (Lipinski definition) is 1. The van der Waals surface area contributed by atoms with E-state index in [-0.39, 0.29) is 19.4 Å². The summed E-state index contributed by atoms with van der Waals surface area (Å²) in [6, 6.07) is -1.20. The van der Waals surface area contributed by atoms with Crippen molar-refractivity contribution in [1.29, 1.82) is 0 Å². The van der Waals surface area contributed by atoms with E-state index < -0.39 is 30.4 Å². The summed E-state index contributed by atoms with van der Waals surface area (Å²) in [5, 5.41) is 20.1. The third kappa shape index (κ3) is 7.44. The minimum Gasteiger partial charge on any atom is -0.550 e. The second-order valence-corrected chi connectivity index (χ2v) is 2.81. The van der Waals surface area contributed by atoms with Crippen molar-refractivity contribution in [3.63, 3.8) is 0 Å². The number of ether oxygens (including phenoxy) is 1. The maximum atomic E-state index is 10.8. The van der Waals surface area contributed by atoms with Gasteiger partial charge < -0.3 is 30.3 Å². The van der Waals surface area contributed by atoms with E-state index in [2.05, 4.69) is 4.74 Å². The number of rotatable bonds is 7. The van der Waals surface area contributed by atoms with Crippen molar-refractivity contribution < 1.29 is 29.3 Å². The van der Waals surface area contributed by atoms with Crippen molar-refractivity contribution in [2.75, 3.05) is 6.61 Å². The summed E-state index contributed by atoms with van der Waals surface area (Å²) in [6.45, 7) is -0.180. The first-order valence-electron chi connectivity index (χ1n) is 4.25. The maximum Gasteiger partial charge on any atom is 0.306 e. The van der Waals surface area contributed by atoms with Crippen LogP contribution in [0.5, 0.6) is 0 Å². The highest BCUT2D eigenvalue weighted by Crippen LogP contribution is 1.94. The number of esters is 1. The molecule has 1 atom stereocenters. The largest absolute Gasteiger partial charge is 0.550 e. The van der Waals surface area contributed by atoms with Gasteiger partial charge in [-0.3, -0.25) is 4.79 Å². The molecule has 0 rings (SSSR count). The molecule has 0 aliphatic rings. The summed E-state index contributed by atoms with van der Waals surface area (Å²) >= 11 is 0. The quantitative estimate of drug-likeness (QED) is 0.438. The lowest BCUT2D eigenvalue weighted by molar-refractivity contribution is -0.308. The SMILES string of the molecule is N[C@@H](CCOC(=O)CCC(=O)[O-])C(=O)[O-]. The number of hydrogen-bond acceptors (Lipinski definition) is 7. The molecule has 0 saturated carbocycles. The van der Waals surface area contributed by atoms with Crippen LogP contribution in [0.15, 0.2) is 0 Å². The second-order valence-electron chi connectivity index (χ2n) is 2.81. The van der Waals surface area contributed by atoms with Gasteiger partial charge >= 0.3 is 5.97 Å². The van der Waals surface area contributed by atoms with Gasteiger partial charge in [0.15, 0.2) is 0 Å². The Hall–Kier alpha value is -1.63. The Bertz CT molecular complexity index is 252. The molecule has 0 aliphatic carbocycles. The first-order chi connectivity index (χ1) is 6.93. The maximum absolute atomic E-state index is 10.8. The molecule has 7 nitrogen and oxygen atoms in total. The Kier molecular flexibility index (Phi) is 6.03. The minimum atomic E-state index is -1.43. The Morgan fingerprint density at radius 3 is 2.27 bits per heavy atom. The molecule has 0 radical (unpaired) electrons. The fraction of sp³-hybridized carbons (Fsp3) is 0.625. The molecule has 0 aromatic heterocycles. The van der Waals surface area contributed by atoms with Gasteiger partial charge in [-0.2, -0.15) is 0 Å². The first kappa shape index (κ1) is 13.4. The van der Waals surface area contributed by atoms with E-state index in [1.165, 1.54) is 0 Å². The summed E-state index contributed by atoms with van der Waals surface area (Å²) in [6.07, 6.45) is -0.798. The Morgan fingerprint density at radius 2 is 1.80 bits per heavy atom. The molecule has 86 valence electrons. The molecule has 0 unspecified atom stereocenters. The molecular weight excluding hydrogens is 206 g/mol. The number of carboxylic acids is 2. The summed E-state index contributed by atoms with van der Waals surface area (Å²) in [5.41, 5.74) is 5.07. The van der Waals surface area contributed by atoms with Crippen LogP contribution in [0.4, 0.5) is 0 Å². The smallest absolute Gasteiger partial charge is 0.306 e. The lowest BCUT2D eigenvalue weighted by Gasteiger charge is -2.12. The van der Waals surface area contributed by atoms with E-state index in [1.54, 1.807) is 0 Å². The zero-order valence-corrected chi connectivity index (χ0v) is 7.93. The van der Waals surface area contributed by atoms with Gasteiger partial charge in [0.2, 0.25) is 0 Å². The minimum absolute atomic E-state index is 0.0700. The lowest BCUT2D eigenvalue weighted by Crippen LogP contribution is -2.42. The van der Waals surface area contributed by atoms with Gasteiger partial charge in [-0.25, -0.2) is 0 Å². The fourth-order valence-electron chi connectivity index (χ4n) is 0.694. The molecular formula is C8H11NO6-2. The zero-order chi connectivity index (χ0) is 11.8. The Labute approximate surface area is 85.8 Å². The van der Waals surface area contributed by atoms with Crippen molar-refractivity contribution in [1.82, 2.24) is 0 Å². The summed E-state index contributed by atoms with van der Waals surface area (Å²) in [7, 11) is 0. The van der Waals surface area contributed by atoms with Crippen LogP contribution in [-0.4, -0.2) is 30.6 Å². The number of carbonyl (C=O) groups excluding carboxylic acids is 3. The highest BCUT2D eigenvalue weighted by Gasteiger charge is 2.06. The average Bonchev–Trinajstić information content (AvgIpc) is 2.14. The summed E-state index contributed by atoms with van der Waals surface area (Å²) in [4.78, 5) is 30.9. The summed E-state index contributed by atoms with van der Waals surface area (Å²) in [5.74, 6) is -3.51. The van der Waals surface area contributed by atoms with E-state index in [1.807, 2.05) is 0 Å². The van der Waals surface area contributed by atoms with Crippen molar-refractivity contribution in [2.45, 2.75) is 25.3 Å². The van der Waals surface area contributed by atoms with Crippen LogP contribution < -0.4 is 15.9 Å². The van der Waals surface area contributed by atoms with Crippen molar-refractivity contribution >= 4 is 17.9 Å². The highest BCUT2D eigenvalue weighted by atomic mass is 16.5. The molecule has 0 heterocycles. The molecule has 15 heavy (non-hydrogen) atoms. The van der Waals surface area contributed by atoms with Crippen LogP contribution in [0.1, 0.15) is 19.3 Å². The fourth-order valence-corrected chi connectivity index (χ4v) is 0.694. The first-order valence-corrected chi connectivity index (χ1v) is 4.25. The summed E-state index contributed by atoms with van der Waals surface area (Å²) < 4.78 is 4.51. The van der Waals surface area contributed by atoms with Crippen molar-refractivity contribution in [2.24, 2.45) is 5.73 Å². The molecule has 0 amide bonds. The van der Waals surface area contributed by atoms with Gasteiger partial charge in [0.25, 0.3) is 0 Å². The number of nitrogens with two attached hydrogens (primary N) is 1. The van der Waals surface area contributed by atoms with E-state index >= 15 is 0 Å². The van der Waals surface area contributed by atoms with Crippen molar-refractivity contribution in [3.8, 4) is 0 Å². The molecule has 0 fully saturated rings.